The van der Waals surface area contributed by atoms with E-state index in [9.17, 15) is 4.39 Å². The Bertz CT molecular complexity index is 852. The van der Waals surface area contributed by atoms with E-state index in [4.69, 9.17) is 9.90 Å². The van der Waals surface area contributed by atoms with Gasteiger partial charge in [-0.1, -0.05) is 36.4 Å². The molecular formula is C20H19FN2O2. The molecule has 0 unspecified atom stereocenters. The van der Waals surface area contributed by atoms with Gasteiger partial charge >= 0.3 is 0 Å². The number of rotatable bonds is 3. The zero-order valence-corrected chi connectivity index (χ0v) is 14.0. The molecule has 0 aliphatic rings. The summed E-state index contributed by atoms with van der Waals surface area (Å²) in [7, 11) is 0. The molecule has 2 aromatic carbocycles. The standard InChI is InChI=1S/C19H17FN2.CH2O2/c1-13-8-9-17(16(20)10-13)22-19-12-21-18(11-14(19)2)15-6-4-3-5-7-15;2-1-3/h3-12,22H,1-2H3;1H,(H,2,3). The molecule has 0 aliphatic carbocycles. The summed E-state index contributed by atoms with van der Waals surface area (Å²) < 4.78 is 13.9. The minimum Gasteiger partial charge on any atom is -0.483 e. The Kier molecular flexibility index (Phi) is 6.23. The monoisotopic (exact) mass is 338 g/mol. The van der Waals surface area contributed by atoms with E-state index < -0.39 is 0 Å². The number of hydrogen-bond acceptors (Lipinski definition) is 3. The topological polar surface area (TPSA) is 62.2 Å². The largest absolute Gasteiger partial charge is 0.483 e. The highest BCUT2D eigenvalue weighted by molar-refractivity contribution is 5.67. The number of benzene rings is 2. The second-order valence-electron chi connectivity index (χ2n) is 5.46. The van der Waals surface area contributed by atoms with Gasteiger partial charge in [-0.3, -0.25) is 9.78 Å². The average Bonchev–Trinajstić information content (AvgIpc) is 2.60. The smallest absolute Gasteiger partial charge is 0.290 e. The van der Waals surface area contributed by atoms with Gasteiger partial charge in [0.2, 0.25) is 0 Å². The number of aryl methyl sites for hydroxylation is 2. The second kappa shape index (κ2) is 8.59. The number of carboxylic acid groups (broad SMARTS) is 1. The van der Waals surface area contributed by atoms with E-state index in [0.29, 0.717) is 5.69 Å². The van der Waals surface area contributed by atoms with E-state index in [1.54, 1.807) is 12.3 Å². The van der Waals surface area contributed by atoms with Crippen molar-refractivity contribution in [1.29, 1.82) is 0 Å². The summed E-state index contributed by atoms with van der Waals surface area (Å²) >= 11 is 0. The van der Waals surface area contributed by atoms with Crippen molar-refractivity contribution in [3.8, 4) is 11.3 Å². The lowest BCUT2D eigenvalue weighted by Gasteiger charge is -2.12. The van der Waals surface area contributed by atoms with Crippen LogP contribution in [0.15, 0.2) is 60.8 Å². The van der Waals surface area contributed by atoms with Gasteiger partial charge in [-0.2, -0.15) is 0 Å². The number of carbonyl (C=O) groups is 1. The van der Waals surface area contributed by atoms with Crippen LogP contribution in [0.2, 0.25) is 0 Å². The van der Waals surface area contributed by atoms with Crippen LogP contribution in [0.1, 0.15) is 11.1 Å². The molecule has 0 fully saturated rings. The van der Waals surface area contributed by atoms with Crippen LogP contribution in [-0.4, -0.2) is 16.6 Å². The van der Waals surface area contributed by atoms with Gasteiger partial charge in [0, 0.05) is 5.56 Å². The molecule has 0 saturated heterocycles. The fraction of sp³-hybridized carbons (Fsp3) is 0.100. The van der Waals surface area contributed by atoms with E-state index in [1.165, 1.54) is 6.07 Å². The molecule has 128 valence electrons. The van der Waals surface area contributed by atoms with Crippen molar-refractivity contribution >= 4 is 17.8 Å². The molecule has 1 heterocycles. The molecule has 0 amide bonds. The Morgan fingerprint density at radius 3 is 2.32 bits per heavy atom. The van der Waals surface area contributed by atoms with Crippen molar-refractivity contribution in [1.82, 2.24) is 4.98 Å². The molecule has 0 atom stereocenters. The Labute approximate surface area is 146 Å². The third-order valence-corrected chi connectivity index (χ3v) is 3.57. The SMILES string of the molecule is Cc1ccc(Nc2cnc(-c3ccccc3)cc2C)c(F)c1.O=CO. The lowest BCUT2D eigenvalue weighted by Crippen LogP contribution is -1.98. The predicted molar refractivity (Wildman–Crippen MR) is 97.5 cm³/mol. The minimum absolute atomic E-state index is 0.250. The number of pyridine rings is 1. The highest BCUT2D eigenvalue weighted by atomic mass is 19.1. The highest BCUT2D eigenvalue weighted by Gasteiger charge is 2.07. The predicted octanol–water partition coefficient (Wildman–Crippen LogP) is 4.95. The Morgan fingerprint density at radius 1 is 1.04 bits per heavy atom. The molecule has 0 saturated carbocycles. The zero-order valence-electron chi connectivity index (χ0n) is 14.0. The van der Waals surface area contributed by atoms with E-state index in [2.05, 4.69) is 10.3 Å². The third kappa shape index (κ3) is 4.88. The van der Waals surface area contributed by atoms with Gasteiger partial charge in [-0.05, 0) is 43.2 Å². The number of nitrogens with zero attached hydrogens (tertiary/aromatic N) is 1. The highest BCUT2D eigenvalue weighted by Crippen LogP contribution is 2.26. The number of halogens is 1. The molecule has 25 heavy (non-hydrogen) atoms. The van der Waals surface area contributed by atoms with Crippen molar-refractivity contribution in [3.63, 3.8) is 0 Å². The summed E-state index contributed by atoms with van der Waals surface area (Å²) in [5.74, 6) is -0.258. The first-order valence-corrected chi connectivity index (χ1v) is 7.68. The summed E-state index contributed by atoms with van der Waals surface area (Å²) in [6.07, 6.45) is 1.75. The van der Waals surface area contributed by atoms with Gasteiger partial charge in [0.05, 0.1) is 23.3 Å². The van der Waals surface area contributed by atoms with Crippen molar-refractivity contribution < 1.29 is 14.3 Å². The van der Waals surface area contributed by atoms with E-state index in [0.717, 1.165) is 28.1 Å². The van der Waals surface area contributed by atoms with Crippen LogP contribution in [0.4, 0.5) is 15.8 Å². The van der Waals surface area contributed by atoms with Gasteiger partial charge in [-0.15, -0.1) is 0 Å². The molecule has 3 aromatic rings. The summed E-state index contributed by atoms with van der Waals surface area (Å²) in [5, 5.41) is 10.00. The van der Waals surface area contributed by atoms with E-state index in [1.807, 2.05) is 56.3 Å². The van der Waals surface area contributed by atoms with Crippen molar-refractivity contribution in [2.75, 3.05) is 5.32 Å². The van der Waals surface area contributed by atoms with Crippen molar-refractivity contribution in [2.45, 2.75) is 13.8 Å². The molecule has 1 aromatic heterocycles. The number of nitrogens with one attached hydrogen (secondary N) is 1. The maximum atomic E-state index is 13.9. The Balaban J connectivity index is 0.000000701. The zero-order chi connectivity index (χ0) is 18.2. The lowest BCUT2D eigenvalue weighted by molar-refractivity contribution is -0.122. The van der Waals surface area contributed by atoms with Crippen molar-refractivity contribution in [2.24, 2.45) is 0 Å². The van der Waals surface area contributed by atoms with Crippen molar-refractivity contribution in [3.05, 3.63) is 77.7 Å². The Hall–Kier alpha value is -3.21. The quantitative estimate of drug-likeness (QED) is 0.663. The Morgan fingerprint density at radius 2 is 1.72 bits per heavy atom. The molecule has 0 spiro atoms. The number of aromatic nitrogens is 1. The molecule has 4 nitrogen and oxygen atoms in total. The maximum Gasteiger partial charge on any atom is 0.290 e. The first-order chi connectivity index (χ1) is 12.0. The van der Waals surface area contributed by atoms with Gasteiger partial charge < -0.3 is 10.4 Å². The van der Waals surface area contributed by atoms with Gasteiger partial charge in [0.25, 0.3) is 6.47 Å². The molecule has 5 heteroatoms. The van der Waals surface area contributed by atoms with Gasteiger partial charge in [0.15, 0.2) is 0 Å². The second-order valence-corrected chi connectivity index (χ2v) is 5.46. The first kappa shape index (κ1) is 18.1. The lowest BCUT2D eigenvalue weighted by atomic mass is 10.1. The summed E-state index contributed by atoms with van der Waals surface area (Å²) in [6.45, 7) is 3.61. The fourth-order valence-corrected chi connectivity index (χ4v) is 2.32. The molecule has 0 aliphatic heterocycles. The maximum absolute atomic E-state index is 13.9. The van der Waals surface area contributed by atoms with Crippen LogP contribution >= 0.6 is 0 Å². The number of anilines is 2. The van der Waals surface area contributed by atoms with Crippen LogP contribution in [-0.2, 0) is 4.79 Å². The van der Waals surface area contributed by atoms with Crippen LogP contribution in [0.3, 0.4) is 0 Å². The molecule has 0 bridgehead atoms. The third-order valence-electron chi connectivity index (χ3n) is 3.57. The summed E-state index contributed by atoms with van der Waals surface area (Å²) in [4.78, 5) is 12.8. The summed E-state index contributed by atoms with van der Waals surface area (Å²) in [6, 6.07) is 17.1. The van der Waals surface area contributed by atoms with Crippen LogP contribution in [0.25, 0.3) is 11.3 Å². The van der Waals surface area contributed by atoms with Gasteiger partial charge in [0.1, 0.15) is 5.82 Å². The van der Waals surface area contributed by atoms with Crippen LogP contribution < -0.4 is 5.32 Å². The normalized spacial score (nSPS) is 9.72. The van der Waals surface area contributed by atoms with Crippen LogP contribution in [0.5, 0.6) is 0 Å². The first-order valence-electron chi connectivity index (χ1n) is 7.68. The molecule has 3 rings (SSSR count). The fourth-order valence-electron chi connectivity index (χ4n) is 2.32. The summed E-state index contributed by atoms with van der Waals surface area (Å²) in [5.41, 5.74) is 5.17. The minimum atomic E-state index is -0.258. The molecule has 2 N–H and O–H groups in total. The van der Waals surface area contributed by atoms with Gasteiger partial charge in [-0.25, -0.2) is 4.39 Å². The van der Waals surface area contributed by atoms with E-state index in [-0.39, 0.29) is 12.3 Å². The van der Waals surface area contributed by atoms with Crippen LogP contribution in [0, 0.1) is 19.7 Å². The number of hydrogen-bond donors (Lipinski definition) is 2. The molecule has 0 radical (unpaired) electrons. The molecular weight excluding hydrogens is 319 g/mol. The van der Waals surface area contributed by atoms with E-state index >= 15 is 0 Å². The average molecular weight is 338 g/mol.